The summed E-state index contributed by atoms with van der Waals surface area (Å²) < 4.78 is 0. The summed E-state index contributed by atoms with van der Waals surface area (Å²) in [5.74, 6) is -0.420. The summed E-state index contributed by atoms with van der Waals surface area (Å²) in [6, 6.07) is 10.4. The number of H-pyrrole nitrogens is 1. The molecule has 0 bridgehead atoms. The zero-order valence-electron chi connectivity index (χ0n) is 13.6. The molecule has 3 aromatic rings. The Labute approximate surface area is 138 Å². The highest BCUT2D eigenvalue weighted by atomic mass is 16.2. The van der Waals surface area contributed by atoms with Crippen LogP contribution in [0.2, 0.25) is 0 Å². The molecule has 0 fully saturated rings. The second-order valence-electron chi connectivity index (χ2n) is 5.68. The first-order chi connectivity index (χ1) is 11.5. The van der Waals surface area contributed by atoms with E-state index in [1.165, 1.54) is 4.90 Å². The Morgan fingerprint density at radius 3 is 2.67 bits per heavy atom. The third-order valence-electron chi connectivity index (χ3n) is 3.73. The van der Waals surface area contributed by atoms with Gasteiger partial charge in [-0.1, -0.05) is 12.1 Å². The number of aromatic amines is 1. The van der Waals surface area contributed by atoms with Crippen LogP contribution in [-0.4, -0.2) is 46.2 Å². The number of anilines is 1. The van der Waals surface area contributed by atoms with Gasteiger partial charge in [-0.3, -0.25) is 9.59 Å². The number of rotatable bonds is 3. The molecule has 0 saturated heterocycles. The number of aromatic nitrogens is 3. The lowest BCUT2D eigenvalue weighted by Crippen LogP contribution is -2.22. The molecule has 2 amide bonds. The van der Waals surface area contributed by atoms with Gasteiger partial charge in [0.15, 0.2) is 0 Å². The number of nitrogens with one attached hydrogen (secondary N) is 2. The Morgan fingerprint density at radius 1 is 1.12 bits per heavy atom. The van der Waals surface area contributed by atoms with Crippen LogP contribution < -0.4 is 5.32 Å². The molecule has 0 saturated carbocycles. The van der Waals surface area contributed by atoms with Gasteiger partial charge in [-0.2, -0.15) is 15.4 Å². The number of hydrogen-bond acceptors (Lipinski definition) is 4. The number of amides is 2. The predicted molar refractivity (Wildman–Crippen MR) is 91.0 cm³/mol. The van der Waals surface area contributed by atoms with Gasteiger partial charge in [-0.15, -0.1) is 0 Å². The van der Waals surface area contributed by atoms with Gasteiger partial charge in [0.05, 0.1) is 5.56 Å². The van der Waals surface area contributed by atoms with Crippen LogP contribution in [0.4, 0.5) is 5.69 Å². The Morgan fingerprint density at radius 2 is 1.92 bits per heavy atom. The molecule has 2 N–H and O–H groups in total. The van der Waals surface area contributed by atoms with E-state index in [1.807, 2.05) is 13.0 Å². The molecular weight excluding hydrogens is 306 g/mol. The first-order valence-electron chi connectivity index (χ1n) is 7.40. The van der Waals surface area contributed by atoms with Crippen molar-refractivity contribution in [3.05, 3.63) is 53.1 Å². The number of benzene rings is 2. The van der Waals surface area contributed by atoms with Gasteiger partial charge in [0.25, 0.3) is 11.8 Å². The number of carbonyl (C=O) groups is 2. The molecule has 0 aliphatic carbocycles. The molecule has 1 aromatic heterocycles. The van der Waals surface area contributed by atoms with E-state index in [2.05, 4.69) is 20.7 Å². The summed E-state index contributed by atoms with van der Waals surface area (Å²) in [6.45, 7) is 1.87. The SMILES string of the molecule is Cc1ccc(C(=O)N(C)C)cc1NC(=O)c1cccc2n[nH]nc12. The van der Waals surface area contributed by atoms with Gasteiger partial charge in [0, 0.05) is 25.3 Å². The lowest BCUT2D eigenvalue weighted by atomic mass is 10.1. The van der Waals surface area contributed by atoms with Gasteiger partial charge in [-0.05, 0) is 36.8 Å². The van der Waals surface area contributed by atoms with Crippen molar-refractivity contribution < 1.29 is 9.59 Å². The number of para-hydroxylation sites is 1. The van der Waals surface area contributed by atoms with E-state index in [0.29, 0.717) is 27.8 Å². The van der Waals surface area contributed by atoms with Crippen LogP contribution in [0.5, 0.6) is 0 Å². The van der Waals surface area contributed by atoms with Gasteiger partial charge in [0.2, 0.25) is 0 Å². The third kappa shape index (κ3) is 2.83. The highest BCUT2D eigenvalue weighted by molar-refractivity contribution is 6.11. The van der Waals surface area contributed by atoms with Gasteiger partial charge in [0.1, 0.15) is 11.0 Å². The summed E-state index contributed by atoms with van der Waals surface area (Å²) in [5.41, 5.74) is 3.52. The molecule has 0 spiro atoms. The monoisotopic (exact) mass is 323 g/mol. The molecule has 0 atom stereocenters. The minimum absolute atomic E-state index is 0.121. The van der Waals surface area contributed by atoms with Crippen LogP contribution in [0.3, 0.4) is 0 Å². The Hall–Kier alpha value is -3.22. The first kappa shape index (κ1) is 15.7. The number of aryl methyl sites for hydroxylation is 1. The smallest absolute Gasteiger partial charge is 0.258 e. The van der Waals surface area contributed by atoms with Crippen LogP contribution in [0, 0.1) is 6.92 Å². The molecule has 7 heteroatoms. The van der Waals surface area contributed by atoms with E-state index in [4.69, 9.17) is 0 Å². The Balaban J connectivity index is 1.93. The summed E-state index contributed by atoms with van der Waals surface area (Å²) in [5, 5.41) is 13.4. The Kier molecular flexibility index (Phi) is 3.99. The predicted octanol–water partition coefficient (Wildman–Crippen LogP) is 2.22. The molecule has 0 unspecified atom stereocenters. The maximum atomic E-state index is 12.6. The minimum Gasteiger partial charge on any atom is -0.345 e. The molecule has 122 valence electrons. The number of hydrogen-bond donors (Lipinski definition) is 2. The topological polar surface area (TPSA) is 91.0 Å². The first-order valence-corrected chi connectivity index (χ1v) is 7.40. The van der Waals surface area contributed by atoms with E-state index < -0.39 is 0 Å². The van der Waals surface area contributed by atoms with Gasteiger partial charge in [-0.25, -0.2) is 0 Å². The lowest BCUT2D eigenvalue weighted by molar-refractivity contribution is 0.0827. The van der Waals surface area contributed by atoms with Crippen molar-refractivity contribution in [2.24, 2.45) is 0 Å². The molecule has 1 heterocycles. The molecular formula is C17H17N5O2. The largest absolute Gasteiger partial charge is 0.345 e. The molecule has 7 nitrogen and oxygen atoms in total. The van der Waals surface area contributed by atoms with E-state index >= 15 is 0 Å². The molecule has 24 heavy (non-hydrogen) atoms. The zero-order chi connectivity index (χ0) is 17.3. The lowest BCUT2D eigenvalue weighted by Gasteiger charge is -2.13. The van der Waals surface area contributed by atoms with Crippen LogP contribution in [0.1, 0.15) is 26.3 Å². The Bertz CT molecular complexity index is 930. The van der Waals surface area contributed by atoms with E-state index in [0.717, 1.165) is 5.56 Å². The standard InChI is InChI=1S/C17H17N5O2/c1-10-7-8-11(17(24)22(2)3)9-14(10)18-16(23)12-5-4-6-13-15(12)20-21-19-13/h4-9H,1-3H3,(H,18,23)(H,19,20,21). The fourth-order valence-corrected chi connectivity index (χ4v) is 2.39. The fraction of sp³-hybridized carbons (Fsp3) is 0.176. The average Bonchev–Trinajstić information content (AvgIpc) is 3.04. The number of fused-ring (bicyclic) bond motifs is 1. The quantitative estimate of drug-likeness (QED) is 0.773. The van der Waals surface area contributed by atoms with Crippen LogP contribution in [-0.2, 0) is 0 Å². The zero-order valence-corrected chi connectivity index (χ0v) is 13.6. The molecule has 2 aromatic carbocycles. The van der Waals surface area contributed by atoms with E-state index in [1.54, 1.807) is 44.4 Å². The van der Waals surface area contributed by atoms with Crippen molar-refractivity contribution >= 4 is 28.5 Å². The van der Waals surface area contributed by atoms with E-state index in [-0.39, 0.29) is 11.8 Å². The van der Waals surface area contributed by atoms with Crippen LogP contribution in [0.25, 0.3) is 11.0 Å². The fourth-order valence-electron chi connectivity index (χ4n) is 2.39. The van der Waals surface area contributed by atoms with Crippen molar-refractivity contribution in [1.29, 1.82) is 0 Å². The second-order valence-corrected chi connectivity index (χ2v) is 5.68. The van der Waals surface area contributed by atoms with Crippen molar-refractivity contribution in [2.45, 2.75) is 6.92 Å². The third-order valence-corrected chi connectivity index (χ3v) is 3.73. The van der Waals surface area contributed by atoms with Gasteiger partial charge >= 0.3 is 0 Å². The highest BCUT2D eigenvalue weighted by Gasteiger charge is 2.15. The normalized spacial score (nSPS) is 10.6. The summed E-state index contributed by atoms with van der Waals surface area (Å²) in [4.78, 5) is 26.2. The van der Waals surface area contributed by atoms with Gasteiger partial charge < -0.3 is 10.2 Å². The van der Waals surface area contributed by atoms with Crippen LogP contribution >= 0.6 is 0 Å². The number of carbonyl (C=O) groups excluding carboxylic acids is 2. The molecule has 0 radical (unpaired) electrons. The van der Waals surface area contributed by atoms with Crippen molar-refractivity contribution in [3.63, 3.8) is 0 Å². The maximum Gasteiger partial charge on any atom is 0.258 e. The molecule has 0 aliphatic heterocycles. The van der Waals surface area contributed by atoms with Crippen LogP contribution in [0.15, 0.2) is 36.4 Å². The molecule has 0 aliphatic rings. The number of nitrogens with zero attached hydrogens (tertiary/aromatic N) is 3. The molecule has 3 rings (SSSR count). The van der Waals surface area contributed by atoms with E-state index in [9.17, 15) is 9.59 Å². The summed E-state index contributed by atoms with van der Waals surface area (Å²) in [7, 11) is 3.37. The minimum atomic E-state index is -0.299. The van der Waals surface area contributed by atoms with Crippen molar-refractivity contribution in [2.75, 3.05) is 19.4 Å². The summed E-state index contributed by atoms with van der Waals surface area (Å²) in [6.07, 6.45) is 0. The average molecular weight is 323 g/mol. The highest BCUT2D eigenvalue weighted by Crippen LogP contribution is 2.20. The second kappa shape index (κ2) is 6.11. The van der Waals surface area contributed by atoms with Crippen molar-refractivity contribution in [1.82, 2.24) is 20.3 Å². The summed E-state index contributed by atoms with van der Waals surface area (Å²) >= 11 is 0. The maximum absolute atomic E-state index is 12.6. The van der Waals surface area contributed by atoms with Crippen molar-refractivity contribution in [3.8, 4) is 0 Å².